The molecule has 154 valence electrons. The fourth-order valence-corrected chi connectivity index (χ4v) is 3.48. The normalized spacial score (nSPS) is 11.1. The standard InChI is InChI=1S/C20H24ClN5O3/c1-4-14-17(15(5-2)23-12(3)22-14)25-20-24-16-9-6-8-13(19(28)29-21)18(16)26(20)10-7-11-27/h6,8-9,27H,4-5,7,10-11H2,1-3H3,(H,24,25). The van der Waals surface area contributed by atoms with Crippen LogP contribution in [0.1, 0.15) is 47.8 Å². The average Bonchev–Trinajstić information content (AvgIpc) is 3.09. The zero-order valence-electron chi connectivity index (χ0n) is 16.7. The maximum absolute atomic E-state index is 12.2. The number of carbonyl (C=O) groups excluding carboxylic acids is 1. The molecule has 0 bridgehead atoms. The number of aliphatic hydroxyl groups excluding tert-OH is 1. The number of carbonyl (C=O) groups is 1. The molecule has 9 heteroatoms. The second kappa shape index (κ2) is 9.19. The fraction of sp³-hybridized carbons (Fsp3) is 0.400. The second-order valence-electron chi connectivity index (χ2n) is 6.57. The number of halogens is 1. The maximum atomic E-state index is 12.2. The average molecular weight is 418 g/mol. The van der Waals surface area contributed by atoms with Crippen molar-refractivity contribution in [1.29, 1.82) is 0 Å². The SMILES string of the molecule is CCc1nc(C)nc(CC)c1Nc1nc2cccc(C(=O)OCl)c2n1CCCO. The summed E-state index contributed by atoms with van der Waals surface area (Å²) in [5, 5.41) is 12.7. The van der Waals surface area contributed by atoms with Crippen LogP contribution in [0, 0.1) is 6.92 Å². The van der Waals surface area contributed by atoms with Crippen molar-refractivity contribution in [2.24, 2.45) is 0 Å². The van der Waals surface area contributed by atoms with E-state index in [0.29, 0.717) is 35.5 Å². The number of para-hydroxylation sites is 1. The summed E-state index contributed by atoms with van der Waals surface area (Å²) in [5.41, 5.74) is 4.14. The van der Waals surface area contributed by atoms with Crippen molar-refractivity contribution in [1.82, 2.24) is 19.5 Å². The molecule has 0 saturated heterocycles. The van der Waals surface area contributed by atoms with Crippen LogP contribution in [-0.2, 0) is 23.7 Å². The molecule has 2 N–H and O–H groups in total. The highest BCUT2D eigenvalue weighted by Gasteiger charge is 2.21. The summed E-state index contributed by atoms with van der Waals surface area (Å²) in [6, 6.07) is 5.18. The third-order valence-electron chi connectivity index (χ3n) is 4.67. The number of aliphatic hydroxyl groups is 1. The summed E-state index contributed by atoms with van der Waals surface area (Å²) in [6.07, 6.45) is 1.97. The van der Waals surface area contributed by atoms with Crippen LogP contribution < -0.4 is 5.32 Å². The number of hydrogen-bond acceptors (Lipinski definition) is 7. The van der Waals surface area contributed by atoms with Gasteiger partial charge >= 0.3 is 5.97 Å². The minimum absolute atomic E-state index is 0.00922. The molecule has 0 unspecified atom stereocenters. The van der Waals surface area contributed by atoms with E-state index in [0.717, 1.165) is 35.7 Å². The summed E-state index contributed by atoms with van der Waals surface area (Å²) in [6.45, 7) is 6.42. The summed E-state index contributed by atoms with van der Waals surface area (Å²) < 4.78 is 6.27. The summed E-state index contributed by atoms with van der Waals surface area (Å²) in [5.74, 6) is 0.612. The van der Waals surface area contributed by atoms with E-state index in [1.807, 2.05) is 31.4 Å². The van der Waals surface area contributed by atoms with Gasteiger partial charge in [0.25, 0.3) is 0 Å². The lowest BCUT2D eigenvalue weighted by atomic mass is 10.2. The number of rotatable bonds is 8. The molecule has 3 rings (SSSR count). The Morgan fingerprint density at radius 1 is 1.21 bits per heavy atom. The number of imidazole rings is 1. The smallest absolute Gasteiger partial charge is 0.358 e. The number of fused-ring (bicyclic) bond motifs is 1. The molecule has 2 heterocycles. The zero-order valence-corrected chi connectivity index (χ0v) is 17.5. The van der Waals surface area contributed by atoms with Gasteiger partial charge < -0.3 is 19.3 Å². The Morgan fingerprint density at radius 3 is 2.48 bits per heavy atom. The molecule has 0 aliphatic heterocycles. The Labute approximate surface area is 174 Å². The number of nitrogens with zero attached hydrogens (tertiary/aromatic N) is 4. The molecule has 0 aliphatic carbocycles. The fourth-order valence-electron chi connectivity index (χ4n) is 3.40. The molecular formula is C20H24ClN5O3. The molecule has 0 atom stereocenters. The first-order chi connectivity index (χ1) is 14.0. The molecule has 1 aromatic carbocycles. The Bertz CT molecular complexity index is 1010. The lowest BCUT2D eigenvalue weighted by Crippen LogP contribution is -2.12. The third kappa shape index (κ3) is 4.18. The van der Waals surface area contributed by atoms with Gasteiger partial charge in [-0.2, -0.15) is 0 Å². The predicted molar refractivity (Wildman–Crippen MR) is 112 cm³/mol. The number of aryl methyl sites for hydroxylation is 4. The van der Waals surface area contributed by atoms with Gasteiger partial charge in [0.1, 0.15) is 17.7 Å². The van der Waals surface area contributed by atoms with Gasteiger partial charge in [-0.15, -0.1) is 0 Å². The molecule has 0 amide bonds. The van der Waals surface area contributed by atoms with Gasteiger partial charge in [0.15, 0.2) is 0 Å². The Balaban J connectivity index is 2.19. The van der Waals surface area contributed by atoms with Crippen LogP contribution in [0.15, 0.2) is 18.2 Å². The lowest BCUT2D eigenvalue weighted by Gasteiger charge is -2.16. The molecule has 0 spiro atoms. The van der Waals surface area contributed by atoms with Gasteiger partial charge in [0.2, 0.25) is 5.95 Å². The van der Waals surface area contributed by atoms with Gasteiger partial charge in [-0.25, -0.2) is 19.7 Å². The van der Waals surface area contributed by atoms with Gasteiger partial charge in [0.05, 0.1) is 33.7 Å². The van der Waals surface area contributed by atoms with Crippen molar-refractivity contribution in [2.75, 3.05) is 11.9 Å². The van der Waals surface area contributed by atoms with Crippen LogP contribution in [0.3, 0.4) is 0 Å². The number of benzene rings is 1. The van der Waals surface area contributed by atoms with E-state index < -0.39 is 5.97 Å². The maximum Gasteiger partial charge on any atom is 0.358 e. The third-order valence-corrected chi connectivity index (χ3v) is 4.81. The minimum Gasteiger partial charge on any atom is -0.396 e. The van der Waals surface area contributed by atoms with Crippen LogP contribution in [0.2, 0.25) is 0 Å². The van der Waals surface area contributed by atoms with Crippen molar-refractivity contribution in [2.45, 2.75) is 46.6 Å². The molecular weight excluding hydrogens is 394 g/mol. The number of anilines is 2. The molecule has 29 heavy (non-hydrogen) atoms. The molecule has 2 aromatic heterocycles. The number of nitrogens with one attached hydrogen (secondary N) is 1. The van der Waals surface area contributed by atoms with E-state index in [2.05, 4.69) is 24.6 Å². The van der Waals surface area contributed by atoms with E-state index in [1.54, 1.807) is 12.1 Å². The Kier molecular flexibility index (Phi) is 6.66. The molecule has 3 aromatic rings. The van der Waals surface area contributed by atoms with Gasteiger partial charge in [-0.3, -0.25) is 0 Å². The van der Waals surface area contributed by atoms with E-state index in [-0.39, 0.29) is 6.61 Å². The van der Waals surface area contributed by atoms with Crippen molar-refractivity contribution < 1.29 is 14.2 Å². The van der Waals surface area contributed by atoms with Crippen LogP contribution >= 0.6 is 11.9 Å². The van der Waals surface area contributed by atoms with E-state index >= 15 is 0 Å². The number of aromatic nitrogens is 4. The number of hydrogen-bond donors (Lipinski definition) is 2. The highest BCUT2D eigenvalue weighted by Crippen LogP contribution is 2.29. The lowest BCUT2D eigenvalue weighted by molar-refractivity contribution is 0.0753. The molecule has 0 fully saturated rings. The quantitative estimate of drug-likeness (QED) is 0.576. The summed E-state index contributed by atoms with van der Waals surface area (Å²) in [7, 11) is 0. The first kappa shape index (κ1) is 21.0. The van der Waals surface area contributed by atoms with Gasteiger partial charge in [0, 0.05) is 13.2 Å². The van der Waals surface area contributed by atoms with Crippen LogP contribution in [0.25, 0.3) is 11.0 Å². The van der Waals surface area contributed by atoms with Crippen molar-refractivity contribution in [3.8, 4) is 0 Å². The predicted octanol–water partition coefficient (Wildman–Crippen LogP) is 3.70. The minimum atomic E-state index is -0.656. The van der Waals surface area contributed by atoms with Crippen molar-refractivity contribution in [3.05, 3.63) is 41.0 Å². The zero-order chi connectivity index (χ0) is 21.0. The monoisotopic (exact) mass is 417 g/mol. The van der Waals surface area contributed by atoms with Crippen molar-refractivity contribution >= 4 is 40.5 Å². The Morgan fingerprint density at radius 2 is 1.90 bits per heavy atom. The van der Waals surface area contributed by atoms with E-state index in [9.17, 15) is 9.90 Å². The molecule has 0 saturated carbocycles. The first-order valence-corrected chi connectivity index (χ1v) is 9.91. The molecule has 0 radical (unpaired) electrons. The van der Waals surface area contributed by atoms with Crippen LogP contribution in [0.5, 0.6) is 0 Å². The van der Waals surface area contributed by atoms with Gasteiger partial charge in [-0.05, 0) is 38.3 Å². The summed E-state index contributed by atoms with van der Waals surface area (Å²) in [4.78, 5) is 26.0. The van der Waals surface area contributed by atoms with Crippen LogP contribution in [0.4, 0.5) is 11.6 Å². The first-order valence-electron chi connectivity index (χ1n) is 9.60. The highest BCUT2D eigenvalue weighted by molar-refractivity contribution is 6.17. The van der Waals surface area contributed by atoms with Crippen molar-refractivity contribution in [3.63, 3.8) is 0 Å². The van der Waals surface area contributed by atoms with Gasteiger partial charge in [-0.1, -0.05) is 19.9 Å². The topological polar surface area (TPSA) is 102 Å². The largest absolute Gasteiger partial charge is 0.396 e. The highest BCUT2D eigenvalue weighted by atomic mass is 35.5. The summed E-state index contributed by atoms with van der Waals surface area (Å²) >= 11 is 5.32. The van der Waals surface area contributed by atoms with E-state index in [1.165, 1.54) is 0 Å². The molecule has 8 nitrogen and oxygen atoms in total. The second-order valence-corrected chi connectivity index (χ2v) is 6.73. The Hall–Kier alpha value is -2.71. The van der Waals surface area contributed by atoms with E-state index in [4.69, 9.17) is 11.9 Å². The molecule has 0 aliphatic rings. The van der Waals surface area contributed by atoms with Crippen LogP contribution in [-0.4, -0.2) is 37.2 Å².